The number of benzene rings is 1. The number of hydrogen-bond acceptors (Lipinski definition) is 3. The first kappa shape index (κ1) is 10.3. The van der Waals surface area contributed by atoms with Crippen LogP contribution in [0.25, 0.3) is 0 Å². The monoisotopic (exact) mass is 237 g/mol. The van der Waals surface area contributed by atoms with Crippen molar-refractivity contribution in [1.82, 2.24) is 4.98 Å². The lowest BCUT2D eigenvalue weighted by molar-refractivity contribution is 0.462. The maximum Gasteiger partial charge on any atom is 0.219 e. The summed E-state index contributed by atoms with van der Waals surface area (Å²) in [5, 5.41) is 0. The molecule has 0 aliphatic carbocycles. The summed E-state index contributed by atoms with van der Waals surface area (Å²) in [6.07, 6.45) is 1.68. The minimum absolute atomic E-state index is 0.565. The number of aromatic nitrogens is 1. The fraction of sp³-hybridized carbons (Fsp3) is 0. The highest BCUT2D eigenvalue weighted by Crippen LogP contribution is 2.24. The quantitative estimate of drug-likeness (QED) is 0.802. The first-order valence-electron chi connectivity index (χ1n) is 4.36. The van der Waals surface area contributed by atoms with E-state index in [0.29, 0.717) is 5.88 Å². The number of rotatable bonds is 3. The number of para-hydroxylation sites is 1. The summed E-state index contributed by atoms with van der Waals surface area (Å²) < 4.78 is 5.51. The number of pyridine rings is 1. The van der Waals surface area contributed by atoms with Crippen LogP contribution in [0, 0.1) is 0 Å². The Bertz CT molecular complexity index is 418. The fourth-order valence-corrected chi connectivity index (χ4v) is 1.57. The zero-order valence-corrected chi connectivity index (χ0v) is 9.33. The molecule has 0 atom stereocenters. The smallest absolute Gasteiger partial charge is 0.219 e. The molecule has 0 saturated heterocycles. The van der Waals surface area contributed by atoms with Crippen LogP contribution in [-0.4, -0.2) is 4.98 Å². The highest BCUT2D eigenvalue weighted by Gasteiger charge is 1.98. The standard InChI is InChI=1S/C11H8ClNOS/c12-15-10-6-7-11(13-8-10)14-9-4-2-1-3-5-9/h1-8H. The van der Waals surface area contributed by atoms with Crippen LogP contribution in [0.3, 0.4) is 0 Å². The largest absolute Gasteiger partial charge is 0.439 e. The lowest BCUT2D eigenvalue weighted by atomic mass is 10.3. The molecule has 0 radical (unpaired) electrons. The highest BCUT2D eigenvalue weighted by molar-refractivity contribution is 8.21. The number of halogens is 1. The second kappa shape index (κ2) is 5.05. The Morgan fingerprint density at radius 2 is 1.87 bits per heavy atom. The lowest BCUT2D eigenvalue weighted by Gasteiger charge is -2.03. The second-order valence-electron chi connectivity index (χ2n) is 2.82. The summed E-state index contributed by atoms with van der Waals surface area (Å²) in [6.45, 7) is 0. The average molecular weight is 238 g/mol. The molecule has 1 aromatic heterocycles. The van der Waals surface area contributed by atoms with E-state index in [-0.39, 0.29) is 0 Å². The van der Waals surface area contributed by atoms with Crippen molar-refractivity contribution < 1.29 is 4.74 Å². The fourth-order valence-electron chi connectivity index (χ4n) is 1.08. The van der Waals surface area contributed by atoms with Crippen LogP contribution in [0.2, 0.25) is 0 Å². The van der Waals surface area contributed by atoms with Gasteiger partial charge >= 0.3 is 0 Å². The van der Waals surface area contributed by atoms with E-state index in [1.54, 1.807) is 12.3 Å². The van der Waals surface area contributed by atoms with Crippen LogP contribution >= 0.6 is 21.7 Å². The van der Waals surface area contributed by atoms with Gasteiger partial charge in [0.2, 0.25) is 5.88 Å². The molecule has 0 aliphatic heterocycles. The van der Waals surface area contributed by atoms with Crippen LogP contribution in [0.4, 0.5) is 0 Å². The average Bonchev–Trinajstić information content (AvgIpc) is 2.31. The highest BCUT2D eigenvalue weighted by atomic mass is 35.7. The third kappa shape index (κ3) is 2.88. The van der Waals surface area contributed by atoms with E-state index < -0.39 is 0 Å². The van der Waals surface area contributed by atoms with E-state index in [9.17, 15) is 0 Å². The Kier molecular flexibility index (Phi) is 3.48. The predicted octanol–water partition coefficient (Wildman–Crippen LogP) is 4.12. The van der Waals surface area contributed by atoms with E-state index in [1.165, 1.54) is 0 Å². The van der Waals surface area contributed by atoms with Crippen LogP contribution in [0.5, 0.6) is 11.6 Å². The van der Waals surface area contributed by atoms with Gasteiger partial charge in [0.05, 0.1) is 0 Å². The third-order valence-electron chi connectivity index (χ3n) is 1.76. The van der Waals surface area contributed by atoms with Crippen molar-refractivity contribution in [2.24, 2.45) is 0 Å². The van der Waals surface area contributed by atoms with Gasteiger partial charge in [-0.25, -0.2) is 4.98 Å². The molecular weight excluding hydrogens is 230 g/mol. The summed E-state index contributed by atoms with van der Waals surface area (Å²) in [7, 11) is 6.71. The van der Waals surface area contributed by atoms with Gasteiger partial charge in [-0.3, -0.25) is 0 Å². The molecule has 0 spiro atoms. The molecule has 1 aromatic carbocycles. The van der Waals surface area contributed by atoms with Gasteiger partial charge in [0.25, 0.3) is 0 Å². The number of ether oxygens (including phenoxy) is 1. The zero-order valence-electron chi connectivity index (χ0n) is 7.76. The van der Waals surface area contributed by atoms with E-state index in [2.05, 4.69) is 4.98 Å². The third-order valence-corrected chi connectivity index (χ3v) is 2.72. The van der Waals surface area contributed by atoms with Crippen molar-refractivity contribution in [3.05, 3.63) is 48.7 Å². The van der Waals surface area contributed by atoms with Crippen molar-refractivity contribution >= 4 is 21.7 Å². The van der Waals surface area contributed by atoms with Crippen LogP contribution in [0.1, 0.15) is 0 Å². The molecule has 0 aliphatic rings. The minimum atomic E-state index is 0.565. The van der Waals surface area contributed by atoms with Crippen molar-refractivity contribution in [3.8, 4) is 11.6 Å². The summed E-state index contributed by atoms with van der Waals surface area (Å²) in [5.74, 6) is 1.34. The Morgan fingerprint density at radius 3 is 2.47 bits per heavy atom. The van der Waals surface area contributed by atoms with Gasteiger partial charge in [-0.15, -0.1) is 0 Å². The molecule has 0 fully saturated rings. The molecule has 0 N–H and O–H groups in total. The van der Waals surface area contributed by atoms with Gasteiger partial charge in [-0.1, -0.05) is 18.2 Å². The first-order valence-corrected chi connectivity index (χ1v) is 6.00. The lowest BCUT2D eigenvalue weighted by Crippen LogP contribution is -1.86. The van der Waals surface area contributed by atoms with Gasteiger partial charge in [0.1, 0.15) is 5.75 Å². The Hall–Kier alpha value is -1.19. The molecule has 15 heavy (non-hydrogen) atoms. The van der Waals surface area contributed by atoms with Crippen LogP contribution in [0.15, 0.2) is 53.6 Å². The second-order valence-corrected chi connectivity index (χ2v) is 3.91. The molecule has 0 unspecified atom stereocenters. The molecular formula is C11H8ClNOS. The van der Waals surface area contributed by atoms with E-state index in [0.717, 1.165) is 21.6 Å². The zero-order chi connectivity index (χ0) is 10.5. The molecule has 0 bridgehead atoms. The molecule has 76 valence electrons. The molecule has 0 saturated carbocycles. The number of nitrogens with zero attached hydrogens (tertiary/aromatic N) is 1. The molecule has 4 heteroatoms. The Labute approximate surface area is 96.8 Å². The van der Waals surface area contributed by atoms with E-state index >= 15 is 0 Å². The van der Waals surface area contributed by atoms with Crippen LogP contribution < -0.4 is 4.74 Å². The summed E-state index contributed by atoms with van der Waals surface area (Å²) in [4.78, 5) is 5.02. The van der Waals surface area contributed by atoms with Gasteiger partial charge in [-0.05, 0) is 39.9 Å². The van der Waals surface area contributed by atoms with Crippen molar-refractivity contribution in [1.29, 1.82) is 0 Å². The van der Waals surface area contributed by atoms with Gasteiger partial charge in [0, 0.05) is 17.2 Å². The van der Waals surface area contributed by atoms with Crippen LogP contribution in [-0.2, 0) is 0 Å². The molecule has 2 rings (SSSR count). The molecule has 0 amide bonds. The first-order chi connectivity index (χ1) is 7.38. The number of hydrogen-bond donors (Lipinski definition) is 0. The summed E-state index contributed by atoms with van der Waals surface area (Å²) >= 11 is 0. The van der Waals surface area contributed by atoms with Gasteiger partial charge < -0.3 is 4.74 Å². The summed E-state index contributed by atoms with van der Waals surface area (Å²) in [5.41, 5.74) is 0. The minimum Gasteiger partial charge on any atom is -0.439 e. The van der Waals surface area contributed by atoms with Crippen molar-refractivity contribution in [2.75, 3.05) is 0 Å². The molecule has 2 aromatic rings. The van der Waals surface area contributed by atoms with Crippen molar-refractivity contribution in [2.45, 2.75) is 4.90 Å². The van der Waals surface area contributed by atoms with E-state index in [1.807, 2.05) is 36.4 Å². The maximum absolute atomic E-state index is 5.58. The maximum atomic E-state index is 5.58. The Balaban J connectivity index is 2.11. The topological polar surface area (TPSA) is 22.1 Å². The summed E-state index contributed by atoms with van der Waals surface area (Å²) in [6, 6.07) is 13.2. The van der Waals surface area contributed by atoms with Gasteiger partial charge in [-0.2, -0.15) is 0 Å². The molecule has 2 nitrogen and oxygen atoms in total. The SMILES string of the molecule is ClSc1ccc(Oc2ccccc2)nc1. The van der Waals surface area contributed by atoms with Gasteiger partial charge in [0.15, 0.2) is 0 Å². The normalized spacial score (nSPS) is 9.93. The van der Waals surface area contributed by atoms with E-state index in [4.69, 9.17) is 15.4 Å². The van der Waals surface area contributed by atoms with Crippen molar-refractivity contribution in [3.63, 3.8) is 0 Å². The Morgan fingerprint density at radius 1 is 1.07 bits per heavy atom. The molecule has 1 heterocycles. The predicted molar refractivity (Wildman–Crippen MR) is 62.5 cm³/mol.